The topological polar surface area (TPSA) is 46.2 Å². The lowest BCUT2D eigenvalue weighted by molar-refractivity contribution is 0.386. The predicted octanol–water partition coefficient (Wildman–Crippen LogP) is 1.96. The molecule has 0 aliphatic carbocycles. The molecule has 1 aromatic carbocycles. The van der Waals surface area contributed by atoms with Crippen molar-refractivity contribution in [2.24, 2.45) is 0 Å². The number of hydrogen-bond donors (Lipinski definition) is 1. The van der Waals surface area contributed by atoms with Crippen molar-refractivity contribution in [3.05, 3.63) is 35.9 Å². The minimum atomic E-state index is -2.83. The molecule has 1 heterocycles. The third kappa shape index (κ3) is 3.33. The van der Waals surface area contributed by atoms with E-state index >= 15 is 0 Å². The molecule has 100 valence electrons. The Morgan fingerprint density at radius 2 is 2.00 bits per heavy atom. The molecule has 0 aromatic heterocycles. The van der Waals surface area contributed by atoms with Crippen molar-refractivity contribution in [1.82, 2.24) is 5.32 Å². The van der Waals surface area contributed by atoms with Crippen molar-refractivity contribution in [3.8, 4) is 0 Å². The molecule has 2 unspecified atom stereocenters. The second-order valence-electron chi connectivity index (χ2n) is 5.60. The van der Waals surface area contributed by atoms with E-state index in [1.54, 1.807) is 0 Å². The van der Waals surface area contributed by atoms with Gasteiger partial charge in [-0.25, -0.2) is 8.42 Å². The van der Waals surface area contributed by atoms with Crippen molar-refractivity contribution < 1.29 is 8.42 Å². The van der Waals surface area contributed by atoms with E-state index in [4.69, 9.17) is 0 Å². The van der Waals surface area contributed by atoms with Gasteiger partial charge in [-0.3, -0.25) is 0 Å². The zero-order chi connectivity index (χ0) is 13.2. The van der Waals surface area contributed by atoms with Crippen molar-refractivity contribution in [3.63, 3.8) is 0 Å². The highest BCUT2D eigenvalue weighted by molar-refractivity contribution is 7.91. The molecule has 1 aliphatic rings. The highest BCUT2D eigenvalue weighted by atomic mass is 32.2. The first-order chi connectivity index (χ1) is 8.40. The molecule has 18 heavy (non-hydrogen) atoms. The Kier molecular flexibility index (Phi) is 3.78. The van der Waals surface area contributed by atoms with Crippen LogP contribution < -0.4 is 5.32 Å². The summed E-state index contributed by atoms with van der Waals surface area (Å²) in [6.45, 7) is 4.99. The third-order valence-corrected chi connectivity index (χ3v) is 5.61. The number of hydrogen-bond acceptors (Lipinski definition) is 3. The van der Waals surface area contributed by atoms with Crippen molar-refractivity contribution >= 4 is 9.84 Å². The van der Waals surface area contributed by atoms with Gasteiger partial charge in [0.15, 0.2) is 9.84 Å². The zero-order valence-corrected chi connectivity index (χ0v) is 11.8. The summed E-state index contributed by atoms with van der Waals surface area (Å²) in [6.07, 6.45) is 0.719. The molecule has 3 nitrogen and oxygen atoms in total. The minimum absolute atomic E-state index is 0.248. The first-order valence-electron chi connectivity index (χ1n) is 6.41. The minimum Gasteiger partial charge on any atom is -0.310 e. The van der Waals surface area contributed by atoms with Gasteiger partial charge < -0.3 is 5.32 Å². The molecule has 1 aromatic rings. The molecule has 2 atom stereocenters. The van der Waals surface area contributed by atoms with Crippen molar-refractivity contribution in [1.29, 1.82) is 0 Å². The second-order valence-corrected chi connectivity index (χ2v) is 7.78. The van der Waals surface area contributed by atoms with Gasteiger partial charge in [0.1, 0.15) is 0 Å². The largest absolute Gasteiger partial charge is 0.310 e. The maximum absolute atomic E-state index is 11.5. The summed E-state index contributed by atoms with van der Waals surface area (Å²) in [4.78, 5) is 0. The molecule has 1 N–H and O–H groups in total. The molecule has 0 bridgehead atoms. The average molecular weight is 267 g/mol. The lowest BCUT2D eigenvalue weighted by Crippen LogP contribution is -2.44. The first kappa shape index (κ1) is 13.6. The normalized spacial score (nSPS) is 28.1. The summed E-state index contributed by atoms with van der Waals surface area (Å²) >= 11 is 0. The summed E-state index contributed by atoms with van der Waals surface area (Å²) < 4.78 is 23.0. The van der Waals surface area contributed by atoms with Crippen LogP contribution in [-0.4, -0.2) is 32.0 Å². The van der Waals surface area contributed by atoms with Gasteiger partial charge in [-0.2, -0.15) is 0 Å². The van der Waals surface area contributed by atoms with Crippen LogP contribution in [-0.2, 0) is 9.84 Å². The summed E-state index contributed by atoms with van der Waals surface area (Å²) in [6, 6.07) is 10.3. The third-order valence-electron chi connectivity index (χ3n) is 3.71. The van der Waals surface area contributed by atoms with E-state index < -0.39 is 9.84 Å². The van der Waals surface area contributed by atoms with Gasteiger partial charge in [0.2, 0.25) is 0 Å². The standard InChI is InChI=1S/C14H21NO2S/c1-12(13-6-4-3-5-7-13)10-15-14(2)8-9-18(16,17)11-14/h3-7,12,15H,8-11H2,1-2H3. The molecule has 1 aliphatic heterocycles. The monoisotopic (exact) mass is 267 g/mol. The molecule has 0 saturated carbocycles. The Balaban J connectivity index is 1.93. The lowest BCUT2D eigenvalue weighted by atomic mass is 9.97. The second kappa shape index (κ2) is 5.02. The summed E-state index contributed by atoms with van der Waals surface area (Å²) in [5.41, 5.74) is 1.04. The molecular formula is C14H21NO2S. The molecule has 2 rings (SSSR count). The van der Waals surface area contributed by atoms with Crippen LogP contribution in [0.4, 0.5) is 0 Å². The van der Waals surface area contributed by atoms with Crippen molar-refractivity contribution in [2.45, 2.75) is 31.7 Å². The summed E-state index contributed by atoms with van der Waals surface area (Å²) in [5, 5.41) is 3.43. The van der Waals surface area contributed by atoms with E-state index in [0.29, 0.717) is 11.7 Å². The van der Waals surface area contributed by atoms with Crippen LogP contribution in [0.25, 0.3) is 0 Å². The Bertz CT molecular complexity index is 498. The molecule has 4 heteroatoms. The fraction of sp³-hybridized carbons (Fsp3) is 0.571. The van der Waals surface area contributed by atoms with E-state index in [1.165, 1.54) is 5.56 Å². The lowest BCUT2D eigenvalue weighted by Gasteiger charge is -2.26. The molecule has 0 spiro atoms. The fourth-order valence-electron chi connectivity index (χ4n) is 2.45. The van der Waals surface area contributed by atoms with Gasteiger partial charge in [0.05, 0.1) is 11.5 Å². The summed E-state index contributed by atoms with van der Waals surface area (Å²) in [7, 11) is -2.83. The predicted molar refractivity (Wildman–Crippen MR) is 74.5 cm³/mol. The van der Waals surface area contributed by atoms with Crippen LogP contribution in [0.1, 0.15) is 31.7 Å². The summed E-state index contributed by atoms with van der Waals surface area (Å²) in [5.74, 6) is 0.976. The number of benzene rings is 1. The van der Waals surface area contributed by atoms with Crippen LogP contribution in [0.2, 0.25) is 0 Å². The zero-order valence-electron chi connectivity index (χ0n) is 11.0. The van der Waals surface area contributed by atoms with Gasteiger partial charge in [0.25, 0.3) is 0 Å². The van der Waals surface area contributed by atoms with E-state index in [-0.39, 0.29) is 11.3 Å². The Morgan fingerprint density at radius 3 is 2.56 bits per heavy atom. The van der Waals surface area contributed by atoms with Gasteiger partial charge in [-0.15, -0.1) is 0 Å². The maximum atomic E-state index is 11.5. The van der Waals surface area contributed by atoms with E-state index in [9.17, 15) is 8.42 Å². The average Bonchev–Trinajstić information content (AvgIpc) is 2.62. The Hall–Kier alpha value is -0.870. The number of rotatable bonds is 4. The van der Waals surface area contributed by atoms with Crippen LogP contribution in [0.3, 0.4) is 0 Å². The van der Waals surface area contributed by atoms with Gasteiger partial charge in [-0.1, -0.05) is 37.3 Å². The molecule has 0 radical (unpaired) electrons. The van der Waals surface area contributed by atoms with Gasteiger partial charge in [-0.05, 0) is 24.8 Å². The molecule has 1 saturated heterocycles. The number of nitrogens with one attached hydrogen (secondary N) is 1. The smallest absolute Gasteiger partial charge is 0.152 e. The van der Waals surface area contributed by atoms with Crippen LogP contribution in [0.15, 0.2) is 30.3 Å². The highest BCUT2D eigenvalue weighted by Gasteiger charge is 2.37. The van der Waals surface area contributed by atoms with Crippen LogP contribution in [0.5, 0.6) is 0 Å². The van der Waals surface area contributed by atoms with Crippen LogP contribution >= 0.6 is 0 Å². The maximum Gasteiger partial charge on any atom is 0.152 e. The van der Waals surface area contributed by atoms with Crippen molar-refractivity contribution in [2.75, 3.05) is 18.1 Å². The first-order valence-corrected chi connectivity index (χ1v) is 8.23. The Labute approximate surface area is 110 Å². The van der Waals surface area contributed by atoms with E-state index in [1.807, 2.05) is 25.1 Å². The fourth-order valence-corrected chi connectivity index (χ4v) is 4.57. The quantitative estimate of drug-likeness (QED) is 0.907. The van der Waals surface area contributed by atoms with E-state index in [0.717, 1.165) is 13.0 Å². The van der Waals surface area contributed by atoms with Gasteiger partial charge >= 0.3 is 0 Å². The SMILES string of the molecule is CC(CNC1(C)CCS(=O)(=O)C1)c1ccccc1. The van der Waals surface area contributed by atoms with E-state index in [2.05, 4.69) is 24.4 Å². The molecule has 0 amide bonds. The number of sulfone groups is 1. The molecular weight excluding hydrogens is 246 g/mol. The molecule has 1 fully saturated rings. The van der Waals surface area contributed by atoms with Gasteiger partial charge in [0, 0.05) is 12.1 Å². The Morgan fingerprint density at radius 1 is 1.33 bits per heavy atom. The highest BCUT2D eigenvalue weighted by Crippen LogP contribution is 2.24. The van der Waals surface area contributed by atoms with Crippen LogP contribution in [0, 0.1) is 0 Å².